The fourth-order valence-corrected chi connectivity index (χ4v) is 2.50. The molecule has 2 aliphatic rings. The first-order valence-electron chi connectivity index (χ1n) is 6.53. The van der Waals surface area contributed by atoms with Crippen LogP contribution in [-0.2, 0) is 11.2 Å². The Morgan fingerprint density at radius 3 is 3.24 bits per heavy atom. The Hall–Kier alpha value is -1.22. The maximum atomic E-state index is 5.82. The second kappa shape index (κ2) is 4.96. The second-order valence-electron chi connectivity index (χ2n) is 4.80. The minimum atomic E-state index is 0.287. The predicted octanol–water partition coefficient (Wildman–Crippen LogP) is 2.60. The van der Waals surface area contributed by atoms with Gasteiger partial charge in [0.1, 0.15) is 12.4 Å². The largest absolute Gasteiger partial charge is 0.491 e. The number of nitrogens with one attached hydrogen (secondary N) is 1. The topological polar surface area (TPSA) is 30.5 Å². The Balaban J connectivity index is 1.57. The van der Waals surface area contributed by atoms with E-state index in [1.54, 1.807) is 0 Å². The summed E-state index contributed by atoms with van der Waals surface area (Å²) in [5.74, 6) is 0.974. The van der Waals surface area contributed by atoms with Crippen molar-refractivity contribution in [2.45, 2.75) is 31.8 Å². The van der Waals surface area contributed by atoms with Crippen molar-refractivity contribution < 1.29 is 9.47 Å². The van der Waals surface area contributed by atoms with Crippen LogP contribution in [0.4, 0.5) is 5.69 Å². The Morgan fingerprint density at radius 2 is 2.35 bits per heavy atom. The van der Waals surface area contributed by atoms with Gasteiger partial charge in [-0.1, -0.05) is 0 Å². The summed E-state index contributed by atoms with van der Waals surface area (Å²) in [6, 6.07) is 6.30. The summed E-state index contributed by atoms with van der Waals surface area (Å²) in [5, 5.41) is 3.35. The molecule has 2 heterocycles. The first-order chi connectivity index (χ1) is 8.42. The molecule has 1 saturated heterocycles. The van der Waals surface area contributed by atoms with Crippen molar-refractivity contribution in [1.29, 1.82) is 0 Å². The fraction of sp³-hybridized carbons (Fsp3) is 0.571. The Bertz CT molecular complexity index is 386. The van der Waals surface area contributed by atoms with Gasteiger partial charge >= 0.3 is 0 Å². The van der Waals surface area contributed by atoms with Crippen molar-refractivity contribution >= 4 is 5.69 Å². The number of hydrogen-bond acceptors (Lipinski definition) is 3. The molecule has 1 aromatic rings. The van der Waals surface area contributed by atoms with Crippen molar-refractivity contribution in [1.82, 2.24) is 0 Å². The molecule has 1 fully saturated rings. The van der Waals surface area contributed by atoms with Gasteiger partial charge in [0.25, 0.3) is 0 Å². The van der Waals surface area contributed by atoms with Gasteiger partial charge in [-0.05, 0) is 49.4 Å². The molecule has 0 spiro atoms. The minimum absolute atomic E-state index is 0.287. The van der Waals surface area contributed by atoms with Crippen LogP contribution in [0.15, 0.2) is 18.2 Å². The molecule has 0 bridgehead atoms. The highest BCUT2D eigenvalue weighted by molar-refractivity contribution is 5.57. The number of benzene rings is 1. The number of ether oxygens (including phenoxy) is 2. The van der Waals surface area contributed by atoms with E-state index in [1.807, 2.05) is 6.07 Å². The summed E-state index contributed by atoms with van der Waals surface area (Å²) in [6.45, 7) is 2.62. The lowest BCUT2D eigenvalue weighted by atomic mass is 10.1. The van der Waals surface area contributed by atoms with Crippen LogP contribution in [0.3, 0.4) is 0 Å². The maximum absolute atomic E-state index is 5.82. The number of fused-ring (bicyclic) bond motifs is 1. The van der Waals surface area contributed by atoms with Gasteiger partial charge in [-0.25, -0.2) is 0 Å². The highest BCUT2D eigenvalue weighted by Crippen LogP contribution is 2.26. The van der Waals surface area contributed by atoms with Crippen molar-refractivity contribution in [3.8, 4) is 5.75 Å². The SMILES string of the molecule is c1cc2c(cc1OCC1CCCCO1)CCN2. The van der Waals surface area contributed by atoms with Crippen LogP contribution in [0.1, 0.15) is 24.8 Å². The maximum Gasteiger partial charge on any atom is 0.119 e. The standard InChI is InChI=1S/C14H19NO2/c1-2-8-16-13(3-1)10-17-12-4-5-14-11(9-12)6-7-15-14/h4-5,9,13,15H,1-3,6-8,10H2. The number of rotatable bonds is 3. The van der Waals surface area contributed by atoms with Crippen LogP contribution in [0.25, 0.3) is 0 Å². The van der Waals surface area contributed by atoms with Crippen LogP contribution < -0.4 is 10.1 Å². The molecule has 92 valence electrons. The van der Waals surface area contributed by atoms with E-state index < -0.39 is 0 Å². The summed E-state index contributed by atoms with van der Waals surface area (Å²) in [5.41, 5.74) is 2.62. The zero-order valence-electron chi connectivity index (χ0n) is 10.1. The molecule has 1 unspecified atom stereocenters. The monoisotopic (exact) mass is 233 g/mol. The van der Waals surface area contributed by atoms with E-state index in [0.717, 1.165) is 31.7 Å². The van der Waals surface area contributed by atoms with Crippen molar-refractivity contribution in [3.05, 3.63) is 23.8 Å². The Labute approximate surface area is 102 Å². The smallest absolute Gasteiger partial charge is 0.119 e. The van der Waals surface area contributed by atoms with E-state index in [2.05, 4.69) is 17.4 Å². The number of hydrogen-bond donors (Lipinski definition) is 1. The molecule has 1 atom stereocenters. The molecule has 2 aliphatic heterocycles. The molecule has 3 rings (SSSR count). The van der Waals surface area contributed by atoms with Gasteiger partial charge in [0.05, 0.1) is 6.10 Å². The first-order valence-corrected chi connectivity index (χ1v) is 6.53. The fourth-order valence-electron chi connectivity index (χ4n) is 2.50. The lowest BCUT2D eigenvalue weighted by Gasteiger charge is -2.22. The molecule has 0 radical (unpaired) electrons. The average Bonchev–Trinajstić information content (AvgIpc) is 2.85. The molecule has 3 heteroatoms. The van der Waals surface area contributed by atoms with Gasteiger partial charge in [0, 0.05) is 18.8 Å². The van der Waals surface area contributed by atoms with Gasteiger partial charge in [0.15, 0.2) is 0 Å². The molecule has 0 amide bonds. The third-order valence-corrected chi connectivity index (χ3v) is 3.50. The highest BCUT2D eigenvalue weighted by atomic mass is 16.5. The normalized spacial score (nSPS) is 22.9. The first kappa shape index (κ1) is 10.9. The highest BCUT2D eigenvalue weighted by Gasteiger charge is 2.15. The van der Waals surface area contributed by atoms with Gasteiger partial charge < -0.3 is 14.8 Å². The third kappa shape index (κ3) is 2.55. The lowest BCUT2D eigenvalue weighted by molar-refractivity contribution is -0.0110. The second-order valence-corrected chi connectivity index (χ2v) is 4.80. The van der Waals surface area contributed by atoms with Gasteiger partial charge in [-0.2, -0.15) is 0 Å². The zero-order chi connectivity index (χ0) is 11.5. The summed E-state index contributed by atoms with van der Waals surface area (Å²) < 4.78 is 11.5. The molecule has 17 heavy (non-hydrogen) atoms. The van der Waals surface area contributed by atoms with E-state index in [-0.39, 0.29) is 6.10 Å². The van der Waals surface area contributed by atoms with Crippen LogP contribution >= 0.6 is 0 Å². The van der Waals surface area contributed by atoms with Crippen LogP contribution in [-0.4, -0.2) is 25.9 Å². The molecule has 0 aliphatic carbocycles. The van der Waals surface area contributed by atoms with Crippen LogP contribution in [0, 0.1) is 0 Å². The molecular weight excluding hydrogens is 214 g/mol. The van der Waals surface area contributed by atoms with Gasteiger partial charge in [-0.15, -0.1) is 0 Å². The average molecular weight is 233 g/mol. The third-order valence-electron chi connectivity index (χ3n) is 3.50. The van der Waals surface area contributed by atoms with Crippen LogP contribution in [0.5, 0.6) is 5.75 Å². The zero-order valence-corrected chi connectivity index (χ0v) is 10.1. The lowest BCUT2D eigenvalue weighted by Crippen LogP contribution is -2.25. The molecule has 1 N–H and O–H groups in total. The van der Waals surface area contributed by atoms with Crippen molar-refractivity contribution in [3.63, 3.8) is 0 Å². The molecule has 0 saturated carbocycles. The summed E-state index contributed by atoms with van der Waals surface area (Å²) in [7, 11) is 0. The van der Waals surface area contributed by atoms with Gasteiger partial charge in [0.2, 0.25) is 0 Å². The summed E-state index contributed by atoms with van der Waals surface area (Å²) >= 11 is 0. The van der Waals surface area contributed by atoms with E-state index in [0.29, 0.717) is 6.61 Å². The van der Waals surface area contributed by atoms with E-state index >= 15 is 0 Å². The Kier molecular flexibility index (Phi) is 3.18. The summed E-state index contributed by atoms with van der Waals surface area (Å²) in [4.78, 5) is 0. The van der Waals surface area contributed by atoms with Crippen molar-refractivity contribution in [2.75, 3.05) is 25.1 Å². The summed E-state index contributed by atoms with van der Waals surface area (Å²) in [6.07, 6.45) is 4.98. The van der Waals surface area contributed by atoms with E-state index in [9.17, 15) is 0 Å². The molecule has 0 aromatic heterocycles. The quantitative estimate of drug-likeness (QED) is 0.870. The van der Waals surface area contributed by atoms with Crippen LogP contribution in [0.2, 0.25) is 0 Å². The van der Waals surface area contributed by atoms with Crippen molar-refractivity contribution in [2.24, 2.45) is 0 Å². The molecule has 3 nitrogen and oxygen atoms in total. The molecular formula is C14H19NO2. The Morgan fingerprint density at radius 1 is 1.35 bits per heavy atom. The van der Waals surface area contributed by atoms with E-state index in [1.165, 1.54) is 24.1 Å². The minimum Gasteiger partial charge on any atom is -0.491 e. The predicted molar refractivity (Wildman–Crippen MR) is 67.7 cm³/mol. The van der Waals surface area contributed by atoms with Gasteiger partial charge in [-0.3, -0.25) is 0 Å². The molecule has 1 aromatic carbocycles. The number of anilines is 1. The van der Waals surface area contributed by atoms with E-state index in [4.69, 9.17) is 9.47 Å².